The summed E-state index contributed by atoms with van der Waals surface area (Å²) in [6.45, 7) is 4.56. The maximum Gasteiger partial charge on any atom is 0.234 e. The monoisotopic (exact) mass is 172 g/mol. The van der Waals surface area contributed by atoms with Gasteiger partial charge in [0.25, 0.3) is 0 Å². The van der Waals surface area contributed by atoms with Gasteiger partial charge in [-0.05, 0) is 13.8 Å². The lowest BCUT2D eigenvalue weighted by atomic mass is 10.6. The summed E-state index contributed by atoms with van der Waals surface area (Å²) in [5.74, 6) is 0. The molecule has 0 atom stereocenters. The highest BCUT2D eigenvalue weighted by Crippen LogP contribution is 1.89. The second-order valence-electron chi connectivity index (χ2n) is 1.90. The number of hydrazine groups is 1. The topological polar surface area (TPSA) is 74.7 Å². The Hall–Kier alpha value is -1.51. The quantitative estimate of drug-likeness (QED) is 0.264. The molecule has 0 aliphatic heterocycles. The first-order chi connectivity index (χ1) is 5.76. The molecular weight excluding hydrogens is 160 g/mol. The van der Waals surface area contributed by atoms with Crippen molar-refractivity contribution < 1.29 is 9.81 Å². The molecule has 0 aromatic heterocycles. The summed E-state index contributed by atoms with van der Waals surface area (Å²) in [5.41, 5.74) is 0. The molecule has 0 N–H and O–H groups in total. The van der Waals surface area contributed by atoms with Crippen molar-refractivity contribution in [3.05, 3.63) is 5.21 Å². The van der Waals surface area contributed by atoms with E-state index in [1.54, 1.807) is 6.07 Å². The fourth-order valence-electron chi connectivity index (χ4n) is 0.624. The first kappa shape index (κ1) is 10.5. The molecule has 0 saturated heterocycles. The molecule has 0 rings (SSSR count). The van der Waals surface area contributed by atoms with E-state index in [-0.39, 0.29) is 6.61 Å². The second-order valence-corrected chi connectivity index (χ2v) is 1.90. The molecule has 0 saturated carbocycles. The van der Waals surface area contributed by atoms with Gasteiger partial charge in [0.2, 0.25) is 11.9 Å². The maximum atomic E-state index is 10.9. The molecule has 0 radical (unpaired) electrons. The Morgan fingerprint density at radius 1 is 1.58 bits per heavy atom. The second kappa shape index (κ2) is 6.22. The maximum absolute atomic E-state index is 10.9. The van der Waals surface area contributed by atoms with Gasteiger partial charge < -0.3 is 10.0 Å². The molecule has 0 aromatic carbocycles. The van der Waals surface area contributed by atoms with Gasteiger partial charge in [0, 0.05) is 0 Å². The number of hydrogen-bond acceptors (Lipinski definition) is 4. The summed E-state index contributed by atoms with van der Waals surface area (Å²) >= 11 is 0. The molecular formula is C6H12N4O2. The van der Waals surface area contributed by atoms with Gasteiger partial charge in [0.05, 0.1) is 18.1 Å². The predicted octanol–water partition coefficient (Wildman–Crippen LogP) is 0.661. The van der Waals surface area contributed by atoms with E-state index in [0.717, 1.165) is 0 Å². The minimum atomic E-state index is -0.208. The van der Waals surface area contributed by atoms with Crippen LogP contribution >= 0.6 is 0 Å². The minimum absolute atomic E-state index is 0.208. The van der Waals surface area contributed by atoms with Crippen LogP contribution in [0.1, 0.15) is 13.8 Å². The zero-order valence-electron chi connectivity index (χ0n) is 7.23. The zero-order chi connectivity index (χ0) is 9.40. The molecule has 0 heterocycles. The molecule has 0 unspecified atom stereocenters. The van der Waals surface area contributed by atoms with Crippen LogP contribution in [0.4, 0.5) is 0 Å². The van der Waals surface area contributed by atoms with E-state index in [2.05, 4.69) is 10.1 Å². The van der Waals surface area contributed by atoms with Crippen LogP contribution in [0.5, 0.6) is 0 Å². The number of rotatable bonds is 5. The van der Waals surface area contributed by atoms with Gasteiger partial charge in [-0.1, -0.05) is 0 Å². The van der Waals surface area contributed by atoms with Gasteiger partial charge in [-0.25, -0.2) is 0 Å². The van der Waals surface area contributed by atoms with Gasteiger partial charge in [-0.3, -0.25) is 0 Å². The Balaban J connectivity index is 3.89. The van der Waals surface area contributed by atoms with Gasteiger partial charge >= 0.3 is 0 Å². The average molecular weight is 172 g/mol. The summed E-state index contributed by atoms with van der Waals surface area (Å²) in [6, 6.07) is 1.70. The molecule has 0 fully saturated rings. The molecule has 0 aliphatic carbocycles. The fraction of sp³-hybridized carbons (Fsp3) is 0.833. The highest BCUT2D eigenvalue weighted by Gasteiger charge is 2.05. The van der Waals surface area contributed by atoms with Gasteiger partial charge in [-0.2, -0.15) is 5.26 Å². The summed E-state index contributed by atoms with van der Waals surface area (Å²) < 4.78 is 0. The third-order valence-electron chi connectivity index (χ3n) is 1.23. The molecule has 0 amide bonds. The Morgan fingerprint density at radius 2 is 2.17 bits per heavy atom. The molecule has 0 spiro atoms. The van der Waals surface area contributed by atoms with Crippen molar-refractivity contribution >= 4 is 0 Å². The summed E-state index contributed by atoms with van der Waals surface area (Å²) in [4.78, 5) is 4.71. The van der Waals surface area contributed by atoms with E-state index in [9.17, 15) is 5.21 Å². The lowest BCUT2D eigenvalue weighted by molar-refractivity contribution is -0.709. The average Bonchev–Trinajstić information content (AvgIpc) is 2.07. The van der Waals surface area contributed by atoms with E-state index in [1.165, 1.54) is 5.01 Å². The smallest absolute Gasteiger partial charge is 0.234 e. The lowest BCUT2D eigenvalue weighted by Crippen LogP contribution is -2.30. The van der Waals surface area contributed by atoms with Gasteiger partial charge in [0.15, 0.2) is 0 Å². The van der Waals surface area contributed by atoms with Crippen molar-refractivity contribution in [3.63, 3.8) is 0 Å². The van der Waals surface area contributed by atoms with Crippen LogP contribution < -0.4 is 0 Å². The zero-order valence-corrected chi connectivity index (χ0v) is 7.23. The van der Waals surface area contributed by atoms with Crippen molar-refractivity contribution in [2.75, 3.05) is 19.7 Å². The first-order valence-corrected chi connectivity index (χ1v) is 3.68. The van der Waals surface area contributed by atoms with Gasteiger partial charge in [-0.15, -0.1) is 5.01 Å². The van der Waals surface area contributed by atoms with Crippen LogP contribution in [0.3, 0.4) is 0 Å². The summed E-state index contributed by atoms with van der Waals surface area (Å²) in [5, 5.41) is 23.5. The number of hydrogen-bond donors (Lipinski definition) is 0. The molecule has 0 aromatic rings. The molecule has 68 valence electrons. The molecule has 0 bridgehead atoms. The van der Waals surface area contributed by atoms with Crippen LogP contribution in [0.25, 0.3) is 0 Å². The van der Waals surface area contributed by atoms with Gasteiger partial charge in [0.1, 0.15) is 6.07 Å². The lowest BCUT2D eigenvalue weighted by Gasteiger charge is -2.12. The largest absolute Gasteiger partial charge is 0.569 e. The van der Waals surface area contributed by atoms with E-state index in [0.29, 0.717) is 18.1 Å². The molecule has 0 aliphatic rings. The summed E-state index contributed by atoms with van der Waals surface area (Å²) in [7, 11) is 0. The number of nitrogens with zero attached hydrogens (tertiary/aromatic N) is 4. The van der Waals surface area contributed by atoms with Crippen LogP contribution in [-0.4, -0.2) is 29.7 Å². The highest BCUT2D eigenvalue weighted by atomic mass is 16.7. The van der Waals surface area contributed by atoms with E-state index >= 15 is 0 Å². The van der Waals surface area contributed by atoms with Crippen molar-refractivity contribution in [3.8, 4) is 6.07 Å². The van der Waals surface area contributed by atoms with E-state index in [1.807, 2.05) is 13.8 Å². The van der Waals surface area contributed by atoms with Crippen molar-refractivity contribution in [2.24, 2.45) is 5.28 Å². The number of nitriles is 1. The van der Waals surface area contributed by atoms with Crippen LogP contribution in [0, 0.1) is 16.5 Å². The van der Waals surface area contributed by atoms with E-state index < -0.39 is 0 Å². The molecule has 12 heavy (non-hydrogen) atoms. The first-order valence-electron chi connectivity index (χ1n) is 3.68. The van der Waals surface area contributed by atoms with Crippen LogP contribution in [0.15, 0.2) is 5.28 Å². The molecule has 6 heteroatoms. The third kappa shape index (κ3) is 3.61. The van der Waals surface area contributed by atoms with Crippen LogP contribution in [-0.2, 0) is 4.84 Å². The van der Waals surface area contributed by atoms with Crippen LogP contribution in [0.2, 0.25) is 0 Å². The Labute approximate surface area is 71.2 Å². The van der Waals surface area contributed by atoms with Crippen molar-refractivity contribution in [2.45, 2.75) is 13.8 Å². The SMILES string of the molecule is CCN(CC)[N+]([O-])=NOCC#N. The Morgan fingerprint density at radius 3 is 2.58 bits per heavy atom. The fourth-order valence-corrected chi connectivity index (χ4v) is 0.624. The highest BCUT2D eigenvalue weighted by molar-refractivity contribution is 4.64. The Bertz CT molecular complexity index is 182. The van der Waals surface area contributed by atoms with Crippen molar-refractivity contribution in [1.82, 2.24) is 5.01 Å². The Kier molecular flexibility index (Phi) is 5.43. The summed E-state index contributed by atoms with van der Waals surface area (Å²) in [6.07, 6.45) is 0. The van der Waals surface area contributed by atoms with E-state index in [4.69, 9.17) is 5.26 Å². The standard InChI is InChI=1S/C6H12N4O2/c1-3-9(4-2)10(11)8-12-6-5-7/h3-4,6H2,1-2H3. The van der Waals surface area contributed by atoms with Crippen molar-refractivity contribution in [1.29, 1.82) is 5.26 Å². The predicted molar refractivity (Wildman–Crippen MR) is 40.5 cm³/mol. The molecule has 6 nitrogen and oxygen atoms in total. The normalized spacial score (nSPS) is 10.6. The minimum Gasteiger partial charge on any atom is -0.569 e. The third-order valence-corrected chi connectivity index (χ3v) is 1.23.